The molecule has 0 aromatic carbocycles. The Balaban J connectivity index is 1.75. The molecule has 0 amide bonds. The lowest BCUT2D eigenvalue weighted by molar-refractivity contribution is 0.0616. The van der Waals surface area contributed by atoms with Crippen molar-refractivity contribution in [2.24, 2.45) is 13.0 Å². The van der Waals surface area contributed by atoms with Crippen LogP contribution in [0.2, 0.25) is 0 Å². The number of hydrogen-bond donors (Lipinski definition) is 0. The lowest BCUT2D eigenvalue weighted by atomic mass is 10.0. The fraction of sp³-hybridized carbons (Fsp3) is 0.714. The number of aryl methyl sites for hydroxylation is 1. The van der Waals surface area contributed by atoms with E-state index in [1.165, 1.54) is 25.1 Å². The second kappa shape index (κ2) is 5.43. The lowest BCUT2D eigenvalue weighted by Crippen LogP contribution is -2.39. The number of nitrogens with zero attached hydrogens (tertiary/aromatic N) is 4. The first kappa shape index (κ1) is 12.8. The molecular formula is C14H22N4O. The Morgan fingerprint density at radius 3 is 3.05 bits per heavy atom. The molecule has 1 fully saturated rings. The van der Waals surface area contributed by atoms with Gasteiger partial charge in [0.1, 0.15) is 5.69 Å². The lowest BCUT2D eigenvalue weighted by Gasteiger charge is -2.34. The van der Waals surface area contributed by atoms with Crippen molar-refractivity contribution in [1.29, 1.82) is 0 Å². The van der Waals surface area contributed by atoms with E-state index in [2.05, 4.69) is 21.8 Å². The molecule has 19 heavy (non-hydrogen) atoms. The van der Waals surface area contributed by atoms with E-state index < -0.39 is 0 Å². The van der Waals surface area contributed by atoms with Gasteiger partial charge in [-0.3, -0.25) is 9.58 Å². The highest BCUT2D eigenvalue weighted by Crippen LogP contribution is 2.35. The first-order valence-electron chi connectivity index (χ1n) is 7.10. The average Bonchev–Trinajstić information content (AvgIpc) is 3.15. The van der Waals surface area contributed by atoms with Gasteiger partial charge in [-0.2, -0.15) is 0 Å². The Morgan fingerprint density at radius 1 is 1.47 bits per heavy atom. The summed E-state index contributed by atoms with van der Waals surface area (Å²) in [6, 6.07) is 0.262. The summed E-state index contributed by atoms with van der Waals surface area (Å²) >= 11 is 0. The molecule has 5 nitrogen and oxygen atoms in total. The highest BCUT2D eigenvalue weighted by molar-refractivity contribution is 5.19. The molecule has 3 rings (SSSR count). The van der Waals surface area contributed by atoms with Gasteiger partial charge in [0, 0.05) is 26.6 Å². The van der Waals surface area contributed by atoms with Gasteiger partial charge in [-0.1, -0.05) is 11.3 Å². The molecule has 0 spiro atoms. The number of hydrogen-bond acceptors (Lipinski definition) is 4. The van der Waals surface area contributed by atoms with Crippen molar-refractivity contribution in [2.75, 3.05) is 26.3 Å². The van der Waals surface area contributed by atoms with Crippen molar-refractivity contribution in [2.45, 2.75) is 25.3 Å². The van der Waals surface area contributed by atoms with Crippen LogP contribution in [0.15, 0.2) is 12.7 Å². The molecule has 1 aliphatic carbocycles. The Bertz CT molecular complexity index is 452. The van der Waals surface area contributed by atoms with E-state index >= 15 is 0 Å². The van der Waals surface area contributed by atoms with E-state index in [4.69, 9.17) is 4.74 Å². The fourth-order valence-corrected chi connectivity index (χ4v) is 2.82. The van der Waals surface area contributed by atoms with Crippen molar-refractivity contribution < 1.29 is 4.74 Å². The third-order valence-corrected chi connectivity index (χ3v) is 4.07. The predicted molar refractivity (Wildman–Crippen MR) is 72.8 cm³/mol. The largest absolute Gasteiger partial charge is 0.375 e. The summed E-state index contributed by atoms with van der Waals surface area (Å²) in [5.74, 6) is 0.889. The topological polar surface area (TPSA) is 43.2 Å². The molecule has 1 aromatic heterocycles. The zero-order valence-electron chi connectivity index (χ0n) is 11.6. The summed E-state index contributed by atoms with van der Waals surface area (Å²) in [7, 11) is 1.98. The molecule has 104 valence electrons. The monoisotopic (exact) mass is 262 g/mol. The number of rotatable bonds is 6. The van der Waals surface area contributed by atoms with Crippen LogP contribution in [-0.2, 0) is 18.2 Å². The molecule has 2 heterocycles. The van der Waals surface area contributed by atoms with Crippen LogP contribution in [0, 0.1) is 5.92 Å². The maximum atomic E-state index is 5.68. The molecule has 1 aromatic rings. The van der Waals surface area contributed by atoms with E-state index in [1.807, 2.05) is 11.7 Å². The molecule has 0 unspecified atom stereocenters. The first-order valence-corrected chi connectivity index (χ1v) is 7.10. The molecule has 1 atom stereocenters. The van der Waals surface area contributed by atoms with Crippen LogP contribution in [0.5, 0.6) is 0 Å². The van der Waals surface area contributed by atoms with Crippen molar-refractivity contribution in [3.8, 4) is 0 Å². The van der Waals surface area contributed by atoms with Gasteiger partial charge in [-0.05, 0) is 18.8 Å². The van der Waals surface area contributed by atoms with Crippen LogP contribution in [0.3, 0.4) is 0 Å². The summed E-state index contributed by atoms with van der Waals surface area (Å²) < 4.78 is 7.59. The van der Waals surface area contributed by atoms with Gasteiger partial charge in [-0.25, -0.2) is 0 Å². The maximum Gasteiger partial charge on any atom is 0.105 e. The molecule has 5 heteroatoms. The summed E-state index contributed by atoms with van der Waals surface area (Å²) in [5, 5.41) is 8.53. The number of ether oxygens (including phenoxy) is 1. The van der Waals surface area contributed by atoms with Crippen LogP contribution in [0.1, 0.15) is 30.3 Å². The summed E-state index contributed by atoms with van der Waals surface area (Å²) in [4.78, 5) is 2.53. The van der Waals surface area contributed by atoms with E-state index in [0.29, 0.717) is 13.2 Å². The molecule has 0 N–H and O–H groups in total. The summed E-state index contributed by atoms with van der Waals surface area (Å²) in [6.45, 7) is 7.25. The minimum atomic E-state index is 0.262. The smallest absolute Gasteiger partial charge is 0.105 e. The van der Waals surface area contributed by atoms with E-state index in [-0.39, 0.29) is 6.04 Å². The highest BCUT2D eigenvalue weighted by Gasteiger charge is 2.35. The minimum absolute atomic E-state index is 0.262. The van der Waals surface area contributed by atoms with Crippen molar-refractivity contribution in [1.82, 2.24) is 19.9 Å². The average molecular weight is 262 g/mol. The normalized spacial score (nSPS) is 23.3. The molecule has 0 radical (unpaired) electrons. The predicted octanol–water partition coefficient (Wildman–Crippen LogP) is 1.33. The Hall–Kier alpha value is -1.20. The quantitative estimate of drug-likeness (QED) is 0.573. The van der Waals surface area contributed by atoms with Gasteiger partial charge >= 0.3 is 0 Å². The second-order valence-corrected chi connectivity index (χ2v) is 5.58. The van der Waals surface area contributed by atoms with Crippen molar-refractivity contribution in [3.63, 3.8) is 0 Å². The zero-order chi connectivity index (χ0) is 13.2. The molecule has 0 bridgehead atoms. The van der Waals surface area contributed by atoms with Crippen molar-refractivity contribution >= 4 is 0 Å². The van der Waals surface area contributed by atoms with E-state index in [1.54, 1.807) is 6.08 Å². The van der Waals surface area contributed by atoms with Crippen LogP contribution >= 0.6 is 0 Å². The Kier molecular flexibility index (Phi) is 3.66. The van der Waals surface area contributed by atoms with Gasteiger partial charge in [-0.15, -0.1) is 11.7 Å². The molecule has 2 aliphatic rings. The fourth-order valence-electron chi connectivity index (χ4n) is 2.82. The second-order valence-electron chi connectivity index (χ2n) is 5.58. The third kappa shape index (κ3) is 2.72. The van der Waals surface area contributed by atoms with Crippen LogP contribution in [-0.4, -0.2) is 46.2 Å². The van der Waals surface area contributed by atoms with Gasteiger partial charge in [0.15, 0.2) is 0 Å². The van der Waals surface area contributed by atoms with E-state index in [0.717, 1.165) is 24.6 Å². The highest BCUT2D eigenvalue weighted by atomic mass is 16.5. The third-order valence-electron chi connectivity index (χ3n) is 4.07. The zero-order valence-corrected chi connectivity index (χ0v) is 11.6. The number of aromatic nitrogens is 3. The van der Waals surface area contributed by atoms with Crippen LogP contribution in [0.25, 0.3) is 0 Å². The molecule has 1 saturated carbocycles. The maximum absolute atomic E-state index is 5.68. The standard InChI is InChI=1S/C14H22N4O/c1-3-8-19-10-13-14-12(17(2)16-15-14)6-7-18(13)9-11-4-5-11/h3,11,13H,1,4-10H2,2H3/t13-/m0/s1. The summed E-state index contributed by atoms with van der Waals surface area (Å²) in [5.41, 5.74) is 2.37. The van der Waals surface area contributed by atoms with Gasteiger partial charge < -0.3 is 4.74 Å². The van der Waals surface area contributed by atoms with Crippen molar-refractivity contribution in [3.05, 3.63) is 24.0 Å². The van der Waals surface area contributed by atoms with E-state index in [9.17, 15) is 0 Å². The Labute approximate surface area is 114 Å². The Morgan fingerprint density at radius 2 is 2.32 bits per heavy atom. The van der Waals surface area contributed by atoms with Gasteiger partial charge in [0.05, 0.1) is 24.9 Å². The molecule has 0 saturated heterocycles. The molecule has 1 aliphatic heterocycles. The minimum Gasteiger partial charge on any atom is -0.375 e. The van der Waals surface area contributed by atoms with Crippen LogP contribution in [0.4, 0.5) is 0 Å². The summed E-state index contributed by atoms with van der Waals surface area (Å²) in [6.07, 6.45) is 5.60. The SMILES string of the molecule is C=CCOC[C@H]1c2nnn(C)c2CCN1CC1CC1. The first-order chi connectivity index (χ1) is 9.29. The number of fused-ring (bicyclic) bond motifs is 1. The molecular weight excluding hydrogens is 240 g/mol. The van der Waals surface area contributed by atoms with Gasteiger partial charge in [0.2, 0.25) is 0 Å². The van der Waals surface area contributed by atoms with Gasteiger partial charge in [0.25, 0.3) is 0 Å². The van der Waals surface area contributed by atoms with Crippen LogP contribution < -0.4 is 0 Å².